The predicted octanol–water partition coefficient (Wildman–Crippen LogP) is 5.56. The van der Waals surface area contributed by atoms with Crippen LogP contribution in [0.3, 0.4) is 0 Å². The van der Waals surface area contributed by atoms with Gasteiger partial charge in [-0.15, -0.1) is 0 Å². The molecule has 0 aliphatic rings. The normalized spacial score (nSPS) is 11.1. The van der Waals surface area contributed by atoms with Gasteiger partial charge in [-0.1, -0.05) is 30.3 Å². The smallest absolute Gasteiger partial charge is 0.255 e. The maximum absolute atomic E-state index is 14.1. The molecule has 0 aliphatic heterocycles. The monoisotopic (exact) mass is 509 g/mol. The van der Waals surface area contributed by atoms with Gasteiger partial charge in [-0.05, 0) is 67.4 Å². The first-order valence-corrected chi connectivity index (χ1v) is 11.4. The van der Waals surface area contributed by atoms with E-state index in [0.717, 1.165) is 27.1 Å². The second-order valence-electron chi connectivity index (χ2n) is 8.09. The highest BCUT2D eigenvalue weighted by Gasteiger charge is 2.17. The van der Waals surface area contributed by atoms with Crippen LogP contribution in [0, 0.1) is 33.5 Å². The van der Waals surface area contributed by atoms with Crippen molar-refractivity contribution < 1.29 is 9.18 Å². The summed E-state index contributed by atoms with van der Waals surface area (Å²) in [6.07, 6.45) is 0. The molecule has 8 heteroatoms. The molecular weight excluding hydrogens is 485 g/mol. The fourth-order valence-corrected chi connectivity index (χ4v) is 4.10. The molecule has 6 nitrogen and oxygen atoms in total. The number of aromatic nitrogens is 4. The number of carbonyl (C=O) groups excluding carboxylic acids is 1. The van der Waals surface area contributed by atoms with Crippen LogP contribution in [0.25, 0.3) is 0 Å². The second-order valence-corrected chi connectivity index (χ2v) is 8.88. The minimum atomic E-state index is -0.276. The molecule has 0 aliphatic carbocycles. The number of hydrogen-bond acceptors (Lipinski definition) is 3. The van der Waals surface area contributed by atoms with E-state index < -0.39 is 0 Å². The largest absolute Gasteiger partial charge is 0.319 e. The Hall–Kier alpha value is -3.26. The van der Waals surface area contributed by atoms with Crippen LogP contribution in [0.1, 0.15) is 44.3 Å². The number of benzene rings is 2. The van der Waals surface area contributed by atoms with Crippen molar-refractivity contribution in [1.29, 1.82) is 0 Å². The number of hydrogen-bond donors (Lipinski definition) is 1. The standard InChI is InChI=1S/C25H25BrFN5O/c1-15-23(26)17(3)31(29-15)13-19-8-7-10-20(12-19)25(33)28-24-16(2)30-32(18(24)4)14-21-9-5-6-11-22(21)27/h5-12H,13-14H2,1-4H3,(H,28,33). The number of anilines is 1. The molecule has 2 aromatic heterocycles. The summed E-state index contributed by atoms with van der Waals surface area (Å²) in [5.74, 6) is -0.495. The molecule has 170 valence electrons. The van der Waals surface area contributed by atoms with E-state index in [1.165, 1.54) is 6.07 Å². The lowest BCUT2D eigenvalue weighted by Gasteiger charge is -2.10. The van der Waals surface area contributed by atoms with Crippen LogP contribution in [0.15, 0.2) is 53.0 Å². The van der Waals surface area contributed by atoms with Crippen LogP contribution in [0.2, 0.25) is 0 Å². The first kappa shape index (κ1) is 22.9. The average Bonchev–Trinajstić information content (AvgIpc) is 3.19. The van der Waals surface area contributed by atoms with Gasteiger partial charge in [0.25, 0.3) is 5.91 Å². The summed E-state index contributed by atoms with van der Waals surface area (Å²) in [5.41, 5.74) is 6.14. The maximum Gasteiger partial charge on any atom is 0.255 e. The summed E-state index contributed by atoms with van der Waals surface area (Å²) in [5, 5.41) is 12.0. The molecule has 4 rings (SSSR count). The van der Waals surface area contributed by atoms with Crippen molar-refractivity contribution in [1.82, 2.24) is 19.6 Å². The van der Waals surface area contributed by atoms with E-state index in [1.54, 1.807) is 28.9 Å². The molecule has 0 fully saturated rings. The van der Waals surface area contributed by atoms with Crippen LogP contribution in [-0.2, 0) is 13.1 Å². The minimum Gasteiger partial charge on any atom is -0.319 e. The summed E-state index contributed by atoms with van der Waals surface area (Å²) in [4.78, 5) is 13.0. The summed E-state index contributed by atoms with van der Waals surface area (Å²) >= 11 is 3.55. The Morgan fingerprint density at radius 3 is 2.33 bits per heavy atom. The molecule has 0 saturated heterocycles. The van der Waals surface area contributed by atoms with Gasteiger partial charge in [-0.25, -0.2) is 4.39 Å². The van der Waals surface area contributed by atoms with Gasteiger partial charge in [0, 0.05) is 11.1 Å². The van der Waals surface area contributed by atoms with E-state index in [-0.39, 0.29) is 11.7 Å². The second kappa shape index (κ2) is 9.31. The van der Waals surface area contributed by atoms with Crippen molar-refractivity contribution in [2.24, 2.45) is 0 Å². The van der Waals surface area contributed by atoms with Crippen molar-refractivity contribution in [3.8, 4) is 0 Å². The van der Waals surface area contributed by atoms with Crippen LogP contribution >= 0.6 is 15.9 Å². The number of rotatable bonds is 6. The number of amides is 1. The molecule has 0 spiro atoms. The highest BCUT2D eigenvalue weighted by molar-refractivity contribution is 9.10. The van der Waals surface area contributed by atoms with Gasteiger partial charge >= 0.3 is 0 Å². The summed E-state index contributed by atoms with van der Waals surface area (Å²) in [6, 6.07) is 14.1. The lowest BCUT2D eigenvalue weighted by atomic mass is 10.1. The Kier molecular flexibility index (Phi) is 6.47. The van der Waals surface area contributed by atoms with Crippen LogP contribution < -0.4 is 5.32 Å². The zero-order chi connectivity index (χ0) is 23.7. The Balaban J connectivity index is 1.53. The third-order valence-electron chi connectivity index (χ3n) is 5.71. The molecule has 0 saturated carbocycles. The van der Waals surface area contributed by atoms with Gasteiger partial charge in [0.2, 0.25) is 0 Å². The first-order valence-electron chi connectivity index (χ1n) is 10.6. The van der Waals surface area contributed by atoms with Crippen molar-refractivity contribution in [3.63, 3.8) is 0 Å². The summed E-state index contributed by atoms with van der Waals surface area (Å²) < 4.78 is 18.7. The van der Waals surface area contributed by atoms with Gasteiger partial charge in [-0.2, -0.15) is 10.2 Å². The Morgan fingerprint density at radius 1 is 0.939 bits per heavy atom. The number of nitrogens with zero attached hydrogens (tertiary/aromatic N) is 4. The number of carbonyl (C=O) groups is 1. The highest BCUT2D eigenvalue weighted by atomic mass is 79.9. The molecule has 0 radical (unpaired) electrons. The lowest BCUT2D eigenvalue weighted by Crippen LogP contribution is -2.14. The molecule has 2 heterocycles. The van der Waals surface area contributed by atoms with E-state index in [2.05, 4.69) is 31.4 Å². The van der Waals surface area contributed by atoms with E-state index in [1.807, 2.05) is 50.6 Å². The van der Waals surface area contributed by atoms with Crippen molar-refractivity contribution in [2.75, 3.05) is 5.32 Å². The van der Waals surface area contributed by atoms with Gasteiger partial charge in [0.1, 0.15) is 5.82 Å². The molecule has 1 N–H and O–H groups in total. The number of nitrogens with one attached hydrogen (secondary N) is 1. The molecular formula is C25H25BrFN5O. The van der Waals surface area contributed by atoms with Crippen LogP contribution in [0.5, 0.6) is 0 Å². The Labute approximate surface area is 200 Å². The maximum atomic E-state index is 14.1. The molecule has 1 amide bonds. The topological polar surface area (TPSA) is 64.7 Å². The highest BCUT2D eigenvalue weighted by Crippen LogP contribution is 2.23. The zero-order valence-electron chi connectivity index (χ0n) is 19.0. The number of aryl methyl sites for hydroxylation is 2. The van der Waals surface area contributed by atoms with E-state index in [9.17, 15) is 9.18 Å². The molecule has 4 aromatic rings. The average molecular weight is 510 g/mol. The van der Waals surface area contributed by atoms with Crippen LogP contribution in [-0.4, -0.2) is 25.5 Å². The van der Waals surface area contributed by atoms with Gasteiger partial charge < -0.3 is 5.32 Å². The zero-order valence-corrected chi connectivity index (χ0v) is 20.6. The Bertz CT molecular complexity index is 1340. The molecule has 0 atom stereocenters. The SMILES string of the molecule is Cc1nn(Cc2cccc(C(=O)Nc3c(C)nn(Cc4ccccc4F)c3C)c2)c(C)c1Br. The summed E-state index contributed by atoms with van der Waals surface area (Å²) in [7, 11) is 0. The molecule has 0 unspecified atom stereocenters. The van der Waals surface area contributed by atoms with E-state index in [4.69, 9.17) is 0 Å². The van der Waals surface area contributed by atoms with Crippen molar-refractivity contribution >= 4 is 27.5 Å². The van der Waals surface area contributed by atoms with Gasteiger partial charge in [-0.3, -0.25) is 14.2 Å². The van der Waals surface area contributed by atoms with Gasteiger partial charge in [0.15, 0.2) is 0 Å². The van der Waals surface area contributed by atoms with Crippen molar-refractivity contribution in [3.05, 3.63) is 98.3 Å². The molecule has 2 aromatic carbocycles. The third-order valence-corrected chi connectivity index (χ3v) is 6.86. The molecule has 0 bridgehead atoms. The van der Waals surface area contributed by atoms with Crippen molar-refractivity contribution in [2.45, 2.75) is 40.8 Å². The predicted molar refractivity (Wildman–Crippen MR) is 130 cm³/mol. The Morgan fingerprint density at radius 2 is 1.64 bits per heavy atom. The lowest BCUT2D eigenvalue weighted by molar-refractivity contribution is 0.102. The van der Waals surface area contributed by atoms with Crippen LogP contribution in [0.4, 0.5) is 10.1 Å². The first-order chi connectivity index (χ1) is 15.7. The van der Waals surface area contributed by atoms with E-state index >= 15 is 0 Å². The van der Waals surface area contributed by atoms with Gasteiger partial charge in [0.05, 0.1) is 46.0 Å². The minimum absolute atomic E-state index is 0.219. The fraction of sp³-hybridized carbons (Fsp3) is 0.240. The summed E-state index contributed by atoms with van der Waals surface area (Å²) in [6.45, 7) is 8.52. The third kappa shape index (κ3) is 4.75. The molecule has 33 heavy (non-hydrogen) atoms. The van der Waals surface area contributed by atoms with E-state index in [0.29, 0.717) is 35.6 Å². The fourth-order valence-electron chi connectivity index (χ4n) is 3.82. The number of halogens is 2. The quantitative estimate of drug-likeness (QED) is 0.369.